The van der Waals surface area contributed by atoms with E-state index in [4.69, 9.17) is 16.3 Å². The van der Waals surface area contributed by atoms with Gasteiger partial charge < -0.3 is 4.74 Å². The van der Waals surface area contributed by atoms with E-state index in [1.54, 1.807) is 12.1 Å². The molecule has 1 aromatic heterocycles. The molecule has 2 aliphatic rings. The fraction of sp³-hybridized carbons (Fsp3) is 0.308. The third kappa shape index (κ3) is 6.76. The number of morpholine rings is 1. The van der Waals surface area contributed by atoms with Gasteiger partial charge in [-0.05, 0) is 61.4 Å². The largest absolute Gasteiger partial charge is 0.416 e. The van der Waals surface area contributed by atoms with Gasteiger partial charge >= 0.3 is 6.18 Å². The molecule has 2 fully saturated rings. The van der Waals surface area contributed by atoms with Crippen LogP contribution in [-0.2, 0) is 31.0 Å². The predicted octanol–water partition coefficient (Wildman–Crippen LogP) is 5.32. The third-order valence-electron chi connectivity index (χ3n) is 6.53. The number of hydrogen-bond donors (Lipinski definition) is 1. The van der Waals surface area contributed by atoms with E-state index in [2.05, 4.69) is 9.71 Å². The molecule has 1 aliphatic heterocycles. The summed E-state index contributed by atoms with van der Waals surface area (Å²) in [6.07, 6.45) is -2.03. The molecule has 1 aliphatic carbocycles. The number of sulfonamides is 2. The fourth-order valence-corrected chi connectivity index (χ4v) is 8.02. The third-order valence-corrected chi connectivity index (χ3v) is 11.3. The van der Waals surface area contributed by atoms with E-state index < -0.39 is 41.7 Å². The molecule has 224 valence electrons. The van der Waals surface area contributed by atoms with Gasteiger partial charge in [-0.15, -0.1) is 0 Å². The first-order chi connectivity index (χ1) is 19.8. The molecule has 1 N–H and O–H groups in total. The molecule has 0 bridgehead atoms. The van der Waals surface area contributed by atoms with Gasteiger partial charge in [0, 0.05) is 40.6 Å². The second-order valence-electron chi connectivity index (χ2n) is 9.54. The van der Waals surface area contributed by atoms with Gasteiger partial charge in [-0.2, -0.15) is 17.5 Å². The molecule has 2 aromatic carbocycles. The Kier molecular flexibility index (Phi) is 8.62. The lowest BCUT2D eigenvalue weighted by molar-refractivity contribution is -0.137. The SMILES string of the molecule is O=C(c1cc(NS(=O)(=O)c2ccc(C(F)(F)F)cc2Cl)ncc1Sc1ccc(S(=O)(=O)N2CCOCC2)cc1)C1CC1. The number of carbonyl (C=O) groups is 1. The lowest BCUT2D eigenvalue weighted by Gasteiger charge is -2.26. The molecule has 1 saturated carbocycles. The standard InChI is InChI=1S/C26H23ClF3N3O6S3/c27-21-13-17(26(28,29)30)3-8-23(21)41(35,36)32-24-14-20(25(34)16-1-2-16)22(15-31-24)40-18-4-6-19(7-5-18)42(37,38)33-9-11-39-12-10-33/h3-8,13-16H,1-2,9-12H2,(H,31,32). The summed E-state index contributed by atoms with van der Waals surface area (Å²) in [6, 6.07) is 9.29. The minimum atomic E-state index is -4.70. The number of rotatable bonds is 9. The van der Waals surface area contributed by atoms with Crippen LogP contribution in [0.15, 0.2) is 74.3 Å². The molecule has 3 aromatic rings. The number of Topliss-reactive ketones (excluding diaryl/α,β-unsaturated/α-hetero) is 1. The number of nitrogens with one attached hydrogen (secondary N) is 1. The highest BCUT2D eigenvalue weighted by atomic mass is 35.5. The zero-order valence-electron chi connectivity index (χ0n) is 21.6. The van der Waals surface area contributed by atoms with Crippen molar-refractivity contribution in [3.63, 3.8) is 0 Å². The number of hydrogen-bond acceptors (Lipinski definition) is 8. The molecule has 5 rings (SSSR count). The number of ketones is 1. The van der Waals surface area contributed by atoms with Crippen LogP contribution in [0.3, 0.4) is 0 Å². The van der Waals surface area contributed by atoms with E-state index in [1.807, 2.05) is 0 Å². The molecule has 0 radical (unpaired) electrons. The van der Waals surface area contributed by atoms with E-state index in [1.165, 1.54) is 28.7 Å². The van der Waals surface area contributed by atoms with Crippen LogP contribution in [0.4, 0.5) is 19.0 Å². The second-order valence-corrected chi connectivity index (χ2v) is 14.7. The van der Waals surface area contributed by atoms with E-state index in [0.717, 1.165) is 17.8 Å². The van der Waals surface area contributed by atoms with Crippen LogP contribution < -0.4 is 4.72 Å². The average molecular weight is 662 g/mol. The van der Waals surface area contributed by atoms with E-state index >= 15 is 0 Å². The van der Waals surface area contributed by atoms with Crippen molar-refractivity contribution >= 4 is 55.0 Å². The molecule has 0 amide bonds. The van der Waals surface area contributed by atoms with E-state index in [0.29, 0.717) is 48.0 Å². The molecule has 2 heterocycles. The Morgan fingerprint density at radius 1 is 1.02 bits per heavy atom. The highest BCUT2D eigenvalue weighted by molar-refractivity contribution is 7.99. The van der Waals surface area contributed by atoms with Gasteiger partial charge in [-0.25, -0.2) is 21.8 Å². The number of pyridine rings is 1. The maximum Gasteiger partial charge on any atom is 0.416 e. The van der Waals surface area contributed by atoms with E-state index in [9.17, 15) is 34.8 Å². The molecule has 0 spiro atoms. The summed E-state index contributed by atoms with van der Waals surface area (Å²) in [6.45, 7) is 1.17. The Hall–Kier alpha value is -2.69. The summed E-state index contributed by atoms with van der Waals surface area (Å²) in [5, 5.41) is -0.627. The van der Waals surface area contributed by atoms with Gasteiger partial charge in [0.05, 0.1) is 28.7 Å². The van der Waals surface area contributed by atoms with Gasteiger partial charge in [-0.1, -0.05) is 23.4 Å². The van der Waals surface area contributed by atoms with Crippen molar-refractivity contribution in [2.45, 2.75) is 38.6 Å². The van der Waals surface area contributed by atoms with Crippen LogP contribution >= 0.6 is 23.4 Å². The van der Waals surface area contributed by atoms with Gasteiger partial charge in [0.15, 0.2) is 5.78 Å². The van der Waals surface area contributed by atoms with Gasteiger partial charge in [0.25, 0.3) is 10.0 Å². The smallest absolute Gasteiger partial charge is 0.379 e. The summed E-state index contributed by atoms with van der Waals surface area (Å²) in [4.78, 5) is 17.8. The number of carbonyl (C=O) groups excluding carboxylic acids is 1. The maximum atomic E-state index is 13.1. The molecule has 0 unspecified atom stereocenters. The van der Waals surface area contributed by atoms with Crippen molar-refractivity contribution in [1.82, 2.24) is 9.29 Å². The van der Waals surface area contributed by atoms with Crippen molar-refractivity contribution in [1.29, 1.82) is 0 Å². The molecule has 42 heavy (non-hydrogen) atoms. The Bertz CT molecular complexity index is 1730. The Labute approximate surface area is 249 Å². The number of halogens is 4. The van der Waals surface area contributed by atoms with Crippen molar-refractivity contribution in [2.24, 2.45) is 5.92 Å². The summed E-state index contributed by atoms with van der Waals surface area (Å²) in [5.74, 6) is -0.646. The fourth-order valence-electron chi connectivity index (χ4n) is 4.17. The van der Waals surface area contributed by atoms with Crippen molar-refractivity contribution in [2.75, 3.05) is 31.0 Å². The second kappa shape index (κ2) is 11.8. The van der Waals surface area contributed by atoms with Gasteiger partial charge in [0.1, 0.15) is 10.7 Å². The van der Waals surface area contributed by atoms with Crippen LogP contribution in [0.25, 0.3) is 0 Å². The van der Waals surface area contributed by atoms with Gasteiger partial charge in [0.2, 0.25) is 10.0 Å². The minimum absolute atomic E-state index is 0.118. The Balaban J connectivity index is 1.39. The topological polar surface area (TPSA) is 123 Å². The molecular formula is C26H23ClF3N3O6S3. The lowest BCUT2D eigenvalue weighted by atomic mass is 10.1. The number of ether oxygens (including phenoxy) is 1. The molecule has 9 nitrogen and oxygen atoms in total. The quantitative estimate of drug-likeness (QED) is 0.306. The average Bonchev–Trinajstić information content (AvgIpc) is 3.79. The van der Waals surface area contributed by atoms with Crippen LogP contribution in [0.2, 0.25) is 5.02 Å². The van der Waals surface area contributed by atoms with Gasteiger partial charge in [-0.3, -0.25) is 9.52 Å². The van der Waals surface area contributed by atoms with Crippen LogP contribution in [0.5, 0.6) is 0 Å². The summed E-state index contributed by atoms with van der Waals surface area (Å²) in [7, 11) is -8.14. The Morgan fingerprint density at radius 3 is 2.29 bits per heavy atom. The van der Waals surface area contributed by atoms with Crippen LogP contribution in [-0.4, -0.2) is 58.2 Å². The predicted molar refractivity (Wildman–Crippen MR) is 149 cm³/mol. The summed E-state index contributed by atoms with van der Waals surface area (Å²) in [5.41, 5.74) is -0.895. The van der Waals surface area contributed by atoms with Crippen LogP contribution in [0, 0.1) is 5.92 Å². The minimum Gasteiger partial charge on any atom is -0.379 e. The number of aromatic nitrogens is 1. The first-order valence-electron chi connectivity index (χ1n) is 12.6. The zero-order chi connectivity index (χ0) is 30.3. The highest BCUT2D eigenvalue weighted by Crippen LogP contribution is 2.39. The van der Waals surface area contributed by atoms with Crippen molar-refractivity contribution in [3.8, 4) is 0 Å². The molecule has 16 heteroatoms. The monoisotopic (exact) mass is 661 g/mol. The normalized spacial score (nSPS) is 16.8. The van der Waals surface area contributed by atoms with Crippen molar-refractivity contribution in [3.05, 3.63) is 70.9 Å². The van der Waals surface area contributed by atoms with Crippen LogP contribution in [0.1, 0.15) is 28.8 Å². The number of nitrogens with zero attached hydrogens (tertiary/aromatic N) is 2. The zero-order valence-corrected chi connectivity index (χ0v) is 24.8. The number of benzene rings is 2. The number of anilines is 1. The first-order valence-corrected chi connectivity index (χ1v) is 16.7. The maximum absolute atomic E-state index is 13.1. The Morgan fingerprint density at radius 2 is 1.69 bits per heavy atom. The molecule has 0 atom stereocenters. The summed E-state index contributed by atoms with van der Waals surface area (Å²) >= 11 is 7.03. The lowest BCUT2D eigenvalue weighted by Crippen LogP contribution is -2.40. The first kappa shape index (κ1) is 30.8. The highest BCUT2D eigenvalue weighted by Gasteiger charge is 2.34. The molecule has 1 saturated heterocycles. The number of alkyl halides is 3. The van der Waals surface area contributed by atoms with Crippen molar-refractivity contribution < 1.29 is 39.5 Å². The van der Waals surface area contributed by atoms with E-state index in [-0.39, 0.29) is 41.1 Å². The summed E-state index contributed by atoms with van der Waals surface area (Å²) < 4.78 is 99.4. The molecular weight excluding hydrogens is 639 g/mol.